The molecule has 0 radical (unpaired) electrons. The van der Waals surface area contributed by atoms with E-state index < -0.39 is 11.7 Å². The lowest BCUT2D eigenvalue weighted by Crippen LogP contribution is -2.59. The van der Waals surface area contributed by atoms with E-state index in [0.717, 1.165) is 5.56 Å². The fourth-order valence-electron chi connectivity index (χ4n) is 2.98. The average Bonchev–Trinajstić information content (AvgIpc) is 2.47. The molecule has 2 fully saturated rings. The zero-order chi connectivity index (χ0) is 13.3. The van der Waals surface area contributed by atoms with Crippen LogP contribution in [0, 0.1) is 0 Å². The van der Waals surface area contributed by atoms with Crippen LogP contribution >= 0.6 is 0 Å². The molecular formula is C14H17NO4. The van der Waals surface area contributed by atoms with Gasteiger partial charge < -0.3 is 19.5 Å². The van der Waals surface area contributed by atoms with Gasteiger partial charge in [-0.15, -0.1) is 0 Å². The number of amides is 1. The second-order valence-electron chi connectivity index (χ2n) is 4.94. The number of carboxylic acid groups (broad SMARTS) is 1. The molecule has 0 aliphatic carbocycles. The summed E-state index contributed by atoms with van der Waals surface area (Å²) < 4.78 is 11.8. The molecule has 0 unspecified atom stereocenters. The smallest absolute Gasteiger partial charge is 0.407 e. The van der Waals surface area contributed by atoms with Crippen molar-refractivity contribution >= 4 is 6.09 Å². The van der Waals surface area contributed by atoms with Gasteiger partial charge >= 0.3 is 6.09 Å². The number of fused-ring (bicyclic) bond motifs is 1. The molecule has 5 nitrogen and oxygen atoms in total. The fraction of sp³-hybridized carbons (Fsp3) is 0.500. The van der Waals surface area contributed by atoms with Gasteiger partial charge in [0.2, 0.25) is 0 Å². The summed E-state index contributed by atoms with van der Waals surface area (Å²) in [5.41, 5.74) is 0.579. The van der Waals surface area contributed by atoms with Crippen molar-refractivity contribution in [1.82, 2.24) is 4.90 Å². The van der Waals surface area contributed by atoms with E-state index in [1.165, 1.54) is 4.90 Å². The Morgan fingerprint density at radius 2 is 2.11 bits per heavy atom. The van der Waals surface area contributed by atoms with Crippen molar-refractivity contribution in [3.63, 3.8) is 0 Å². The van der Waals surface area contributed by atoms with Gasteiger partial charge in [-0.1, -0.05) is 30.3 Å². The van der Waals surface area contributed by atoms with Crippen molar-refractivity contribution in [3.05, 3.63) is 35.9 Å². The Morgan fingerprint density at radius 3 is 2.84 bits per heavy atom. The third-order valence-corrected chi connectivity index (χ3v) is 3.95. The maximum Gasteiger partial charge on any atom is 0.407 e. The van der Waals surface area contributed by atoms with Gasteiger partial charge in [-0.25, -0.2) is 4.79 Å². The number of piperidine rings is 1. The van der Waals surface area contributed by atoms with E-state index >= 15 is 0 Å². The van der Waals surface area contributed by atoms with E-state index in [2.05, 4.69) is 0 Å². The number of rotatable bonds is 1. The van der Waals surface area contributed by atoms with Crippen molar-refractivity contribution in [2.45, 2.75) is 18.1 Å². The molecule has 2 saturated heterocycles. The normalized spacial score (nSPS) is 30.7. The Labute approximate surface area is 111 Å². The predicted octanol–water partition coefficient (Wildman–Crippen LogP) is 1.68. The first-order valence-electron chi connectivity index (χ1n) is 6.51. The highest BCUT2D eigenvalue weighted by atomic mass is 16.6. The van der Waals surface area contributed by atoms with E-state index in [0.29, 0.717) is 32.7 Å². The molecule has 3 rings (SSSR count). The molecular weight excluding hydrogens is 246 g/mol. The Morgan fingerprint density at radius 1 is 1.32 bits per heavy atom. The monoisotopic (exact) mass is 263 g/mol. The van der Waals surface area contributed by atoms with E-state index in [1.54, 1.807) is 0 Å². The van der Waals surface area contributed by atoms with Crippen LogP contribution in [-0.2, 0) is 15.1 Å². The number of nitrogens with zero attached hydrogens (tertiary/aromatic N) is 1. The van der Waals surface area contributed by atoms with Crippen LogP contribution in [0.3, 0.4) is 0 Å². The van der Waals surface area contributed by atoms with Crippen LogP contribution in [0.1, 0.15) is 12.0 Å². The van der Waals surface area contributed by atoms with Crippen LogP contribution in [0.5, 0.6) is 0 Å². The summed E-state index contributed by atoms with van der Waals surface area (Å²) in [4.78, 5) is 12.5. The van der Waals surface area contributed by atoms with Gasteiger partial charge in [-0.3, -0.25) is 0 Å². The molecule has 5 heteroatoms. The minimum absolute atomic E-state index is 0.228. The van der Waals surface area contributed by atoms with Crippen LogP contribution in [0.2, 0.25) is 0 Å². The minimum atomic E-state index is -0.893. The van der Waals surface area contributed by atoms with Crippen LogP contribution < -0.4 is 0 Å². The Bertz CT molecular complexity index is 464. The molecule has 2 atom stereocenters. The molecule has 2 heterocycles. The number of ether oxygens (including phenoxy) is 2. The summed E-state index contributed by atoms with van der Waals surface area (Å²) in [6, 6.07) is 9.97. The lowest BCUT2D eigenvalue weighted by atomic mass is 9.81. The second kappa shape index (κ2) is 4.83. The molecule has 1 aromatic rings. The van der Waals surface area contributed by atoms with E-state index in [1.807, 2.05) is 30.3 Å². The summed E-state index contributed by atoms with van der Waals surface area (Å²) in [5.74, 6) is 0. The molecule has 1 N–H and O–H groups in total. The summed E-state index contributed by atoms with van der Waals surface area (Å²) >= 11 is 0. The summed E-state index contributed by atoms with van der Waals surface area (Å²) in [7, 11) is 0. The van der Waals surface area contributed by atoms with E-state index in [9.17, 15) is 4.79 Å². The average molecular weight is 263 g/mol. The van der Waals surface area contributed by atoms with Gasteiger partial charge in [-0.05, 0) is 5.56 Å². The van der Waals surface area contributed by atoms with Crippen LogP contribution in [0.4, 0.5) is 4.79 Å². The fourth-order valence-corrected chi connectivity index (χ4v) is 2.98. The lowest BCUT2D eigenvalue weighted by molar-refractivity contribution is -0.230. The summed E-state index contributed by atoms with van der Waals surface area (Å²) in [6.07, 6.45) is -0.488. The molecule has 2 aliphatic heterocycles. The van der Waals surface area contributed by atoms with E-state index in [-0.39, 0.29) is 6.10 Å². The molecule has 1 aromatic carbocycles. The Balaban J connectivity index is 1.92. The number of benzene rings is 1. The van der Waals surface area contributed by atoms with Gasteiger partial charge in [0, 0.05) is 13.0 Å². The van der Waals surface area contributed by atoms with Crippen molar-refractivity contribution in [2.24, 2.45) is 0 Å². The van der Waals surface area contributed by atoms with Gasteiger partial charge in [0.1, 0.15) is 11.7 Å². The van der Waals surface area contributed by atoms with Gasteiger partial charge in [-0.2, -0.15) is 0 Å². The maximum atomic E-state index is 11.1. The molecule has 2 aliphatic rings. The summed E-state index contributed by atoms with van der Waals surface area (Å²) in [6.45, 7) is 1.92. The van der Waals surface area contributed by atoms with Crippen LogP contribution in [0.15, 0.2) is 30.3 Å². The molecule has 102 valence electrons. The summed E-state index contributed by atoms with van der Waals surface area (Å²) in [5, 5.41) is 9.11. The highest BCUT2D eigenvalue weighted by Crippen LogP contribution is 2.40. The SMILES string of the molecule is O=C(O)N1CC[C@@]2(c3ccccc3)OCCO[C@H]2C1. The predicted molar refractivity (Wildman–Crippen MR) is 68.0 cm³/mol. The first kappa shape index (κ1) is 12.4. The van der Waals surface area contributed by atoms with Crippen molar-refractivity contribution in [3.8, 4) is 0 Å². The van der Waals surface area contributed by atoms with Crippen LogP contribution in [-0.4, -0.2) is 48.5 Å². The maximum absolute atomic E-state index is 11.1. The minimum Gasteiger partial charge on any atom is -0.465 e. The lowest BCUT2D eigenvalue weighted by Gasteiger charge is -2.49. The van der Waals surface area contributed by atoms with Crippen molar-refractivity contribution in [2.75, 3.05) is 26.3 Å². The number of hydrogen-bond acceptors (Lipinski definition) is 3. The molecule has 0 saturated carbocycles. The zero-order valence-corrected chi connectivity index (χ0v) is 10.6. The largest absolute Gasteiger partial charge is 0.465 e. The van der Waals surface area contributed by atoms with E-state index in [4.69, 9.17) is 14.6 Å². The number of likely N-dealkylation sites (tertiary alicyclic amines) is 1. The van der Waals surface area contributed by atoms with Crippen molar-refractivity contribution in [1.29, 1.82) is 0 Å². The number of carbonyl (C=O) groups is 1. The highest BCUT2D eigenvalue weighted by Gasteiger charge is 2.49. The molecule has 1 amide bonds. The first-order valence-corrected chi connectivity index (χ1v) is 6.51. The second-order valence-corrected chi connectivity index (χ2v) is 4.94. The van der Waals surface area contributed by atoms with Crippen molar-refractivity contribution < 1.29 is 19.4 Å². The molecule has 0 aromatic heterocycles. The first-order chi connectivity index (χ1) is 9.22. The Kier molecular flexibility index (Phi) is 3.16. The third-order valence-electron chi connectivity index (χ3n) is 3.95. The Hall–Kier alpha value is -1.59. The van der Waals surface area contributed by atoms with Crippen LogP contribution in [0.25, 0.3) is 0 Å². The van der Waals surface area contributed by atoms with Gasteiger partial charge in [0.05, 0.1) is 19.8 Å². The highest BCUT2D eigenvalue weighted by molar-refractivity contribution is 5.65. The third kappa shape index (κ3) is 2.09. The standard InChI is InChI=1S/C14H17NO4/c16-13(17)15-7-6-14(11-4-2-1-3-5-11)12(10-15)18-8-9-19-14/h1-5,12H,6-10H2,(H,16,17)/t12-,14-/m0/s1. The molecule has 0 bridgehead atoms. The quantitative estimate of drug-likeness (QED) is 0.837. The molecule has 0 spiro atoms. The number of hydrogen-bond donors (Lipinski definition) is 1. The topological polar surface area (TPSA) is 59.0 Å². The molecule has 19 heavy (non-hydrogen) atoms. The van der Waals surface area contributed by atoms with Gasteiger partial charge in [0.15, 0.2) is 0 Å². The zero-order valence-electron chi connectivity index (χ0n) is 10.6. The van der Waals surface area contributed by atoms with Gasteiger partial charge in [0.25, 0.3) is 0 Å².